The molecule has 43 heavy (non-hydrogen) atoms. The van der Waals surface area contributed by atoms with Crippen LogP contribution in [-0.4, -0.2) is 79.2 Å². The van der Waals surface area contributed by atoms with Crippen LogP contribution in [0.5, 0.6) is 5.75 Å². The standard InChI is InChI=1S/C32H37N5O5S/c1-20(2)42-31(40)28-21(3)34-32-37(29(28)23-8-10-24(33-4)11-9-23)30(39)26(43-32)18-22-6-12-25(13-7-22)41-19-27(38)36-16-14-35(5)15-17-36/h6-13,18,20,29,33H,14-17,19H2,1-5H3/b26-18-. The number of carbonyl (C=O) groups is 2. The lowest BCUT2D eigenvalue weighted by Crippen LogP contribution is -2.48. The Morgan fingerprint density at radius 3 is 2.37 bits per heavy atom. The minimum atomic E-state index is -0.677. The van der Waals surface area contributed by atoms with Gasteiger partial charge in [0.25, 0.3) is 11.5 Å². The third-order valence-corrected chi connectivity index (χ3v) is 8.48. The number of hydrogen-bond donors (Lipinski definition) is 1. The van der Waals surface area contributed by atoms with Crippen LogP contribution in [0, 0.1) is 0 Å². The first-order valence-corrected chi connectivity index (χ1v) is 15.2. The van der Waals surface area contributed by atoms with Crippen LogP contribution in [0.25, 0.3) is 6.08 Å². The lowest BCUT2D eigenvalue weighted by atomic mass is 9.95. The van der Waals surface area contributed by atoms with Gasteiger partial charge in [-0.15, -0.1) is 0 Å². The van der Waals surface area contributed by atoms with E-state index in [0.29, 0.717) is 39.4 Å². The molecule has 1 saturated heterocycles. The van der Waals surface area contributed by atoms with Crippen LogP contribution in [0.4, 0.5) is 5.69 Å². The van der Waals surface area contributed by atoms with Crippen molar-refractivity contribution in [1.82, 2.24) is 14.4 Å². The third kappa shape index (κ3) is 6.73. The zero-order chi connectivity index (χ0) is 30.7. The summed E-state index contributed by atoms with van der Waals surface area (Å²) in [6.45, 7) is 8.47. The molecule has 3 aromatic rings. The molecule has 3 heterocycles. The van der Waals surface area contributed by atoms with E-state index in [4.69, 9.17) is 9.47 Å². The van der Waals surface area contributed by atoms with E-state index in [1.807, 2.05) is 55.4 Å². The van der Waals surface area contributed by atoms with Crippen LogP contribution >= 0.6 is 11.3 Å². The number of anilines is 1. The van der Waals surface area contributed by atoms with Crippen molar-refractivity contribution < 1.29 is 19.1 Å². The number of thiazole rings is 1. The topological polar surface area (TPSA) is 105 Å². The molecule has 11 heteroatoms. The predicted octanol–water partition coefficient (Wildman–Crippen LogP) is 2.38. The zero-order valence-electron chi connectivity index (χ0n) is 25.1. The number of nitrogens with zero attached hydrogens (tertiary/aromatic N) is 4. The van der Waals surface area contributed by atoms with E-state index < -0.39 is 12.0 Å². The maximum Gasteiger partial charge on any atom is 0.338 e. The SMILES string of the molecule is CNc1ccc(C2C(C(=O)OC(C)C)=C(C)N=c3s/c(=C\c4ccc(OCC(=O)N5CCN(C)CC5)cc4)c(=O)n32)cc1. The van der Waals surface area contributed by atoms with E-state index in [9.17, 15) is 14.4 Å². The second kappa shape index (κ2) is 13.0. The summed E-state index contributed by atoms with van der Waals surface area (Å²) in [7, 11) is 3.88. The predicted molar refractivity (Wildman–Crippen MR) is 167 cm³/mol. The molecule has 1 unspecified atom stereocenters. The normalized spacial score (nSPS) is 17.5. The van der Waals surface area contributed by atoms with Crippen molar-refractivity contribution in [3.8, 4) is 5.75 Å². The number of amides is 1. The van der Waals surface area contributed by atoms with Gasteiger partial charge in [-0.3, -0.25) is 14.2 Å². The Labute approximate surface area is 254 Å². The first-order chi connectivity index (χ1) is 20.6. The fourth-order valence-electron chi connectivity index (χ4n) is 5.11. The molecule has 2 aliphatic heterocycles. The average Bonchev–Trinajstić information content (AvgIpc) is 3.29. The molecular weight excluding hydrogens is 566 g/mol. The van der Waals surface area contributed by atoms with Crippen molar-refractivity contribution in [3.63, 3.8) is 0 Å². The van der Waals surface area contributed by atoms with Gasteiger partial charge in [0.15, 0.2) is 11.4 Å². The Hall–Kier alpha value is -4.22. The van der Waals surface area contributed by atoms with Crippen LogP contribution < -0.4 is 24.9 Å². The molecule has 0 spiro atoms. The fourth-order valence-corrected chi connectivity index (χ4v) is 6.16. The number of allylic oxidation sites excluding steroid dienone is 1. The summed E-state index contributed by atoms with van der Waals surface area (Å²) in [5.41, 5.74) is 3.12. The molecule has 1 amide bonds. The highest BCUT2D eigenvalue weighted by Gasteiger charge is 2.33. The first kappa shape index (κ1) is 30.2. The van der Waals surface area contributed by atoms with Crippen LogP contribution in [0.2, 0.25) is 0 Å². The molecule has 0 aliphatic carbocycles. The summed E-state index contributed by atoms with van der Waals surface area (Å²) in [6, 6.07) is 14.2. The molecule has 0 saturated carbocycles. The number of aromatic nitrogens is 1. The van der Waals surface area contributed by atoms with Gasteiger partial charge in [-0.2, -0.15) is 0 Å². The largest absolute Gasteiger partial charge is 0.484 e. The Balaban J connectivity index is 1.42. The maximum absolute atomic E-state index is 13.9. The minimum absolute atomic E-state index is 0.0160. The molecule has 2 aromatic carbocycles. The van der Waals surface area contributed by atoms with Gasteiger partial charge in [-0.05, 0) is 69.3 Å². The van der Waals surface area contributed by atoms with Gasteiger partial charge < -0.3 is 24.6 Å². The van der Waals surface area contributed by atoms with Gasteiger partial charge in [0.05, 0.1) is 27.9 Å². The van der Waals surface area contributed by atoms with Gasteiger partial charge in [0.2, 0.25) is 0 Å². The second-order valence-electron chi connectivity index (χ2n) is 10.9. The van der Waals surface area contributed by atoms with Gasteiger partial charge in [-0.1, -0.05) is 35.6 Å². The molecule has 1 aromatic heterocycles. The molecule has 226 valence electrons. The Morgan fingerprint density at radius 1 is 1.07 bits per heavy atom. The summed E-state index contributed by atoms with van der Waals surface area (Å²) >= 11 is 1.27. The van der Waals surface area contributed by atoms with Crippen molar-refractivity contribution in [2.75, 3.05) is 52.2 Å². The average molecular weight is 604 g/mol. The van der Waals surface area contributed by atoms with Crippen LogP contribution in [-0.2, 0) is 14.3 Å². The smallest absolute Gasteiger partial charge is 0.338 e. The Kier molecular flexibility index (Phi) is 9.12. The number of hydrogen-bond acceptors (Lipinski definition) is 9. The van der Waals surface area contributed by atoms with E-state index in [0.717, 1.165) is 29.9 Å². The van der Waals surface area contributed by atoms with E-state index in [1.54, 1.807) is 43.5 Å². The highest BCUT2D eigenvalue weighted by molar-refractivity contribution is 7.07. The van der Waals surface area contributed by atoms with Crippen LogP contribution in [0.1, 0.15) is 37.9 Å². The summed E-state index contributed by atoms with van der Waals surface area (Å²) in [5.74, 6) is 0.0605. The first-order valence-electron chi connectivity index (χ1n) is 14.3. The fraction of sp³-hybridized carbons (Fsp3) is 0.375. The number of likely N-dealkylation sites (N-methyl/N-ethyl adjacent to an activating group) is 1. The molecule has 0 bridgehead atoms. The number of fused-ring (bicyclic) bond motifs is 1. The Morgan fingerprint density at radius 2 is 1.74 bits per heavy atom. The third-order valence-electron chi connectivity index (χ3n) is 7.50. The number of esters is 1. The monoisotopic (exact) mass is 603 g/mol. The number of ether oxygens (including phenoxy) is 2. The summed E-state index contributed by atoms with van der Waals surface area (Å²) < 4.78 is 13.4. The van der Waals surface area contributed by atoms with Crippen molar-refractivity contribution in [3.05, 3.63) is 90.6 Å². The molecule has 2 aliphatic rings. The van der Waals surface area contributed by atoms with Gasteiger partial charge >= 0.3 is 5.97 Å². The molecule has 1 fully saturated rings. The minimum Gasteiger partial charge on any atom is -0.484 e. The number of benzene rings is 2. The maximum atomic E-state index is 13.9. The van der Waals surface area contributed by atoms with Crippen molar-refractivity contribution in [2.24, 2.45) is 4.99 Å². The lowest BCUT2D eigenvalue weighted by molar-refractivity contribution is -0.143. The highest BCUT2D eigenvalue weighted by atomic mass is 32.1. The summed E-state index contributed by atoms with van der Waals surface area (Å²) in [4.78, 5) is 48.8. The van der Waals surface area contributed by atoms with Crippen LogP contribution in [0.3, 0.4) is 0 Å². The molecule has 5 rings (SSSR count). The highest BCUT2D eigenvalue weighted by Crippen LogP contribution is 2.31. The zero-order valence-corrected chi connectivity index (χ0v) is 25.9. The van der Waals surface area contributed by atoms with Gasteiger partial charge in [0, 0.05) is 38.9 Å². The van der Waals surface area contributed by atoms with E-state index >= 15 is 0 Å². The molecule has 10 nitrogen and oxygen atoms in total. The number of carbonyl (C=O) groups excluding carboxylic acids is 2. The molecule has 0 radical (unpaired) electrons. The van der Waals surface area contributed by atoms with E-state index in [-0.39, 0.29) is 24.2 Å². The van der Waals surface area contributed by atoms with Crippen molar-refractivity contribution >= 4 is 35.0 Å². The quantitative estimate of drug-likeness (QED) is 0.394. The van der Waals surface area contributed by atoms with E-state index in [1.165, 1.54) is 11.3 Å². The summed E-state index contributed by atoms with van der Waals surface area (Å²) in [5, 5.41) is 3.10. The number of piperazine rings is 1. The van der Waals surface area contributed by atoms with Gasteiger partial charge in [-0.25, -0.2) is 9.79 Å². The number of rotatable bonds is 8. The Bertz CT molecular complexity index is 1700. The van der Waals surface area contributed by atoms with Crippen molar-refractivity contribution in [1.29, 1.82) is 0 Å². The molecular formula is C32H37N5O5S. The second-order valence-corrected chi connectivity index (χ2v) is 12.0. The van der Waals surface area contributed by atoms with Crippen molar-refractivity contribution in [2.45, 2.75) is 32.9 Å². The van der Waals surface area contributed by atoms with Gasteiger partial charge in [0.1, 0.15) is 5.75 Å². The van der Waals surface area contributed by atoms with E-state index in [2.05, 4.69) is 15.2 Å². The lowest BCUT2D eigenvalue weighted by Gasteiger charge is -2.32. The molecule has 1 atom stereocenters. The van der Waals surface area contributed by atoms with Crippen LogP contribution in [0.15, 0.2) is 69.6 Å². The number of nitrogens with one attached hydrogen (secondary N) is 1. The summed E-state index contributed by atoms with van der Waals surface area (Å²) in [6.07, 6.45) is 1.48. The molecule has 1 N–H and O–H groups in total.